The number of halogens is 1. The Labute approximate surface area is 184 Å². The van der Waals surface area contributed by atoms with Gasteiger partial charge in [-0.15, -0.1) is 0 Å². The first-order valence-electron chi connectivity index (χ1n) is 9.06. The zero-order valence-corrected chi connectivity index (χ0v) is 18.1. The van der Waals surface area contributed by atoms with Crippen LogP contribution >= 0.6 is 15.9 Å². The van der Waals surface area contributed by atoms with Gasteiger partial charge in [-0.25, -0.2) is 9.59 Å². The van der Waals surface area contributed by atoms with Crippen LogP contribution in [0.15, 0.2) is 57.6 Å². The first-order valence-corrected chi connectivity index (χ1v) is 9.86. The lowest BCUT2D eigenvalue weighted by atomic mass is 10.1. The predicted molar refractivity (Wildman–Crippen MR) is 119 cm³/mol. The minimum absolute atomic E-state index is 0.200. The second-order valence-electron chi connectivity index (χ2n) is 6.63. The molecule has 10 heteroatoms. The van der Waals surface area contributed by atoms with Gasteiger partial charge in [-0.2, -0.15) is 5.10 Å². The van der Waals surface area contributed by atoms with E-state index in [1.807, 2.05) is 0 Å². The van der Waals surface area contributed by atoms with Gasteiger partial charge >= 0.3 is 12.0 Å². The monoisotopic (exact) mass is 484 g/mol. The molecule has 3 N–H and O–H groups in total. The Hall–Kier alpha value is -3.79. The number of anilines is 2. The van der Waals surface area contributed by atoms with Crippen LogP contribution in [0.4, 0.5) is 16.2 Å². The van der Waals surface area contributed by atoms with E-state index in [0.717, 1.165) is 0 Å². The third-order valence-electron chi connectivity index (χ3n) is 4.58. The van der Waals surface area contributed by atoms with Crippen molar-refractivity contribution >= 4 is 50.3 Å². The molecule has 2 aromatic heterocycles. The van der Waals surface area contributed by atoms with E-state index in [9.17, 15) is 14.7 Å². The fourth-order valence-electron chi connectivity index (χ4n) is 3.19. The molecule has 0 saturated heterocycles. The summed E-state index contributed by atoms with van der Waals surface area (Å²) in [5.74, 6) is -0.704. The molecule has 2 aromatic carbocycles. The number of amides is 2. The first kappa shape index (κ1) is 20.5. The molecule has 0 radical (unpaired) electrons. The second kappa shape index (κ2) is 8.15. The second-order valence-corrected chi connectivity index (χ2v) is 7.48. The SMILES string of the molecule is COc1ccc(NC(=O)Nc2cc(-c3c(Br)cnn3C)c3oc(C(=O)O)cc3c2)cc1. The molecule has 0 unspecified atom stereocenters. The average Bonchev–Trinajstić information content (AvgIpc) is 3.31. The number of urea groups is 1. The van der Waals surface area contributed by atoms with Gasteiger partial charge in [-0.1, -0.05) is 0 Å². The van der Waals surface area contributed by atoms with Crippen LogP contribution in [0, 0.1) is 0 Å². The lowest BCUT2D eigenvalue weighted by Gasteiger charge is -2.11. The average molecular weight is 485 g/mol. The van der Waals surface area contributed by atoms with Gasteiger partial charge in [0.2, 0.25) is 5.76 Å². The highest BCUT2D eigenvalue weighted by Crippen LogP contribution is 2.37. The van der Waals surface area contributed by atoms with Crippen molar-refractivity contribution < 1.29 is 23.8 Å². The molecule has 0 bridgehead atoms. The molecule has 2 heterocycles. The smallest absolute Gasteiger partial charge is 0.371 e. The Morgan fingerprint density at radius 3 is 2.45 bits per heavy atom. The standard InChI is InChI=1S/C21H17BrN4O5/c1-26-18(16(22)10-23-26)15-9-13(7-11-8-17(20(27)28)31-19(11)15)25-21(29)24-12-3-5-14(30-2)6-4-12/h3-10H,1-2H3,(H,27,28)(H2,24,25,29). The molecule has 2 amide bonds. The highest BCUT2D eigenvalue weighted by molar-refractivity contribution is 9.10. The number of carbonyl (C=O) groups excluding carboxylic acids is 1. The number of hydrogen-bond donors (Lipinski definition) is 3. The van der Waals surface area contributed by atoms with Gasteiger partial charge in [0.05, 0.1) is 23.5 Å². The maximum Gasteiger partial charge on any atom is 0.371 e. The van der Waals surface area contributed by atoms with Crippen LogP contribution in [0.1, 0.15) is 10.6 Å². The van der Waals surface area contributed by atoms with E-state index in [-0.39, 0.29) is 5.76 Å². The van der Waals surface area contributed by atoms with Crippen molar-refractivity contribution in [2.75, 3.05) is 17.7 Å². The fraction of sp³-hybridized carbons (Fsp3) is 0.0952. The predicted octanol–water partition coefficient (Wildman–Crippen LogP) is 4.95. The third-order valence-corrected chi connectivity index (χ3v) is 5.16. The number of furan rings is 1. The summed E-state index contributed by atoms with van der Waals surface area (Å²) in [6, 6.07) is 11.2. The quantitative estimate of drug-likeness (QED) is 0.368. The van der Waals surface area contributed by atoms with Crippen molar-refractivity contribution in [1.82, 2.24) is 9.78 Å². The van der Waals surface area contributed by atoms with E-state index in [2.05, 4.69) is 31.7 Å². The molecule has 0 spiro atoms. The van der Waals surface area contributed by atoms with E-state index in [1.165, 1.54) is 6.07 Å². The Kier molecular flexibility index (Phi) is 5.38. The Bertz CT molecular complexity index is 1270. The number of benzene rings is 2. The molecule has 0 aliphatic heterocycles. The number of rotatable bonds is 5. The Morgan fingerprint density at radius 1 is 1.13 bits per heavy atom. The minimum Gasteiger partial charge on any atom is -0.497 e. The highest BCUT2D eigenvalue weighted by atomic mass is 79.9. The van der Waals surface area contributed by atoms with Crippen LogP contribution in [0.5, 0.6) is 5.75 Å². The number of carbonyl (C=O) groups is 2. The summed E-state index contributed by atoms with van der Waals surface area (Å²) in [4.78, 5) is 23.9. The molecule has 0 saturated carbocycles. The topological polar surface area (TPSA) is 119 Å². The number of ether oxygens (including phenoxy) is 1. The molecule has 31 heavy (non-hydrogen) atoms. The zero-order chi connectivity index (χ0) is 22.1. The fourth-order valence-corrected chi connectivity index (χ4v) is 3.75. The lowest BCUT2D eigenvalue weighted by Crippen LogP contribution is -2.19. The number of carboxylic acid groups (broad SMARTS) is 1. The number of nitrogens with zero attached hydrogens (tertiary/aromatic N) is 2. The molecule has 0 aliphatic carbocycles. The molecular weight excluding hydrogens is 468 g/mol. The molecule has 0 fully saturated rings. The minimum atomic E-state index is -1.18. The number of aromatic nitrogens is 2. The summed E-state index contributed by atoms with van der Waals surface area (Å²) < 4.78 is 13.0. The molecule has 4 rings (SSSR count). The van der Waals surface area contributed by atoms with Crippen molar-refractivity contribution in [2.45, 2.75) is 0 Å². The van der Waals surface area contributed by atoms with Crippen LogP contribution < -0.4 is 15.4 Å². The Balaban J connectivity index is 1.70. The van der Waals surface area contributed by atoms with Crippen molar-refractivity contribution in [3.8, 4) is 17.0 Å². The van der Waals surface area contributed by atoms with E-state index in [0.29, 0.717) is 43.8 Å². The third kappa shape index (κ3) is 4.10. The number of aromatic carboxylic acids is 1. The van der Waals surface area contributed by atoms with Crippen molar-refractivity contribution in [2.24, 2.45) is 7.05 Å². The van der Waals surface area contributed by atoms with Crippen molar-refractivity contribution in [3.05, 3.63) is 58.9 Å². The van der Waals surface area contributed by atoms with Crippen LogP contribution in [-0.4, -0.2) is 34.0 Å². The van der Waals surface area contributed by atoms with Crippen LogP contribution in [0.3, 0.4) is 0 Å². The Morgan fingerprint density at radius 2 is 1.84 bits per heavy atom. The first-order chi connectivity index (χ1) is 14.9. The van der Waals surface area contributed by atoms with Gasteiger partial charge in [-0.3, -0.25) is 4.68 Å². The number of aryl methyl sites for hydroxylation is 1. The van der Waals surface area contributed by atoms with Crippen molar-refractivity contribution in [1.29, 1.82) is 0 Å². The molecule has 4 aromatic rings. The van der Waals surface area contributed by atoms with Gasteiger partial charge in [0, 0.05) is 29.4 Å². The largest absolute Gasteiger partial charge is 0.497 e. The summed E-state index contributed by atoms with van der Waals surface area (Å²) in [7, 11) is 3.32. The summed E-state index contributed by atoms with van der Waals surface area (Å²) in [5.41, 5.74) is 2.68. The number of methoxy groups -OCH3 is 1. The van der Waals surface area contributed by atoms with Crippen LogP contribution in [0.2, 0.25) is 0 Å². The van der Waals surface area contributed by atoms with Gasteiger partial charge in [0.15, 0.2) is 0 Å². The lowest BCUT2D eigenvalue weighted by molar-refractivity contribution is 0.0665. The van der Waals surface area contributed by atoms with E-state index < -0.39 is 12.0 Å². The molecule has 9 nitrogen and oxygen atoms in total. The summed E-state index contributed by atoms with van der Waals surface area (Å²) in [6.45, 7) is 0. The normalized spacial score (nSPS) is 10.8. The highest BCUT2D eigenvalue weighted by Gasteiger charge is 2.20. The number of fused-ring (bicyclic) bond motifs is 1. The van der Waals surface area contributed by atoms with Crippen LogP contribution in [-0.2, 0) is 7.05 Å². The maximum absolute atomic E-state index is 12.5. The van der Waals surface area contributed by atoms with E-state index >= 15 is 0 Å². The number of carboxylic acids is 1. The van der Waals surface area contributed by atoms with E-state index in [1.54, 1.807) is 61.4 Å². The summed E-state index contributed by atoms with van der Waals surface area (Å²) in [6.07, 6.45) is 1.62. The van der Waals surface area contributed by atoms with Crippen LogP contribution in [0.25, 0.3) is 22.2 Å². The molecule has 0 aliphatic rings. The molecular formula is C21H17BrN4O5. The summed E-state index contributed by atoms with van der Waals surface area (Å²) in [5, 5.41) is 19.6. The van der Waals surface area contributed by atoms with Gasteiger partial charge in [0.1, 0.15) is 11.3 Å². The summed E-state index contributed by atoms with van der Waals surface area (Å²) >= 11 is 3.46. The number of hydrogen-bond acceptors (Lipinski definition) is 5. The molecule has 0 atom stereocenters. The van der Waals surface area contributed by atoms with Gasteiger partial charge < -0.3 is 24.9 Å². The van der Waals surface area contributed by atoms with Crippen molar-refractivity contribution in [3.63, 3.8) is 0 Å². The molecule has 158 valence electrons. The van der Waals surface area contributed by atoms with Gasteiger partial charge in [0.25, 0.3) is 0 Å². The zero-order valence-electron chi connectivity index (χ0n) is 16.5. The number of nitrogens with one attached hydrogen (secondary N) is 2. The maximum atomic E-state index is 12.5. The van der Waals surface area contributed by atoms with Gasteiger partial charge in [-0.05, 0) is 58.4 Å². The van der Waals surface area contributed by atoms with E-state index in [4.69, 9.17) is 9.15 Å².